The number of H-pyrrole nitrogens is 1. The molecule has 3 aromatic rings. The van der Waals surface area contributed by atoms with Crippen molar-refractivity contribution in [1.82, 2.24) is 20.1 Å². The van der Waals surface area contributed by atoms with Gasteiger partial charge in [-0.25, -0.2) is 4.98 Å². The summed E-state index contributed by atoms with van der Waals surface area (Å²) in [4.78, 5) is 9.41. The third-order valence-electron chi connectivity index (χ3n) is 4.89. The number of benzene rings is 1. The van der Waals surface area contributed by atoms with E-state index < -0.39 is 0 Å². The maximum absolute atomic E-state index is 6.12. The normalized spacial score (nSPS) is 14.8. The molecule has 0 saturated carbocycles. The molecule has 4 rings (SSSR count). The Labute approximate surface area is 141 Å². The van der Waals surface area contributed by atoms with Gasteiger partial charge in [-0.15, -0.1) is 0 Å². The maximum Gasteiger partial charge on any atom is 0.185 e. The Hall–Kier alpha value is -2.60. The Morgan fingerprint density at radius 1 is 1.25 bits per heavy atom. The summed E-state index contributed by atoms with van der Waals surface area (Å²) in [5.41, 5.74) is 10.5. The molecule has 0 saturated heterocycles. The average molecular weight is 322 g/mol. The summed E-state index contributed by atoms with van der Waals surface area (Å²) in [5.74, 6) is 1.58. The summed E-state index contributed by atoms with van der Waals surface area (Å²) < 4.78 is 0. The summed E-state index contributed by atoms with van der Waals surface area (Å²) >= 11 is 0. The van der Waals surface area contributed by atoms with E-state index in [4.69, 9.17) is 10.7 Å². The van der Waals surface area contributed by atoms with Crippen LogP contribution in [0, 0.1) is 0 Å². The molecule has 3 heterocycles. The molecule has 24 heavy (non-hydrogen) atoms. The van der Waals surface area contributed by atoms with E-state index in [0.29, 0.717) is 11.5 Å². The average Bonchev–Trinajstić information content (AvgIpc) is 3.01. The van der Waals surface area contributed by atoms with Crippen LogP contribution in [-0.2, 0) is 13.0 Å². The van der Waals surface area contributed by atoms with Crippen LogP contribution >= 0.6 is 0 Å². The van der Waals surface area contributed by atoms with Gasteiger partial charge in [-0.1, -0.05) is 25.1 Å². The minimum absolute atomic E-state index is 0.618. The van der Waals surface area contributed by atoms with E-state index in [2.05, 4.69) is 46.1 Å². The van der Waals surface area contributed by atoms with Crippen LogP contribution in [0.4, 0.5) is 17.3 Å². The molecule has 0 fully saturated rings. The molecule has 0 aliphatic carbocycles. The van der Waals surface area contributed by atoms with Gasteiger partial charge in [0.25, 0.3) is 0 Å². The summed E-state index contributed by atoms with van der Waals surface area (Å²) in [6.45, 7) is 5.17. The van der Waals surface area contributed by atoms with Gasteiger partial charge in [0.1, 0.15) is 11.6 Å². The number of rotatable bonds is 3. The smallest absolute Gasteiger partial charge is 0.185 e. The van der Waals surface area contributed by atoms with Crippen LogP contribution in [0.25, 0.3) is 11.0 Å². The lowest BCUT2D eigenvalue weighted by Gasteiger charge is -2.31. The highest BCUT2D eigenvalue weighted by atomic mass is 15.2. The molecule has 0 spiro atoms. The number of aromatic nitrogens is 3. The molecule has 6 heteroatoms. The largest absolute Gasteiger partial charge is 0.384 e. The summed E-state index contributed by atoms with van der Waals surface area (Å²) in [5, 5.41) is 8.18. The first-order valence-corrected chi connectivity index (χ1v) is 8.35. The van der Waals surface area contributed by atoms with E-state index >= 15 is 0 Å². The fourth-order valence-electron chi connectivity index (χ4n) is 3.51. The summed E-state index contributed by atoms with van der Waals surface area (Å²) in [7, 11) is 2.06. The highest BCUT2D eigenvalue weighted by molar-refractivity contribution is 5.92. The molecule has 124 valence electrons. The molecule has 1 aliphatic heterocycles. The summed E-state index contributed by atoms with van der Waals surface area (Å²) in [6.07, 6.45) is 0.974. The topological polar surface area (TPSA) is 74.1 Å². The van der Waals surface area contributed by atoms with Gasteiger partial charge >= 0.3 is 0 Å². The molecule has 0 unspecified atom stereocenters. The number of fused-ring (bicyclic) bond motifs is 3. The van der Waals surface area contributed by atoms with Gasteiger partial charge in [0.05, 0.1) is 5.39 Å². The van der Waals surface area contributed by atoms with E-state index in [9.17, 15) is 0 Å². The van der Waals surface area contributed by atoms with Crippen molar-refractivity contribution >= 4 is 28.4 Å². The third-order valence-corrected chi connectivity index (χ3v) is 4.89. The number of para-hydroxylation sites is 1. The Morgan fingerprint density at radius 3 is 2.79 bits per heavy atom. The standard InChI is InChI=1S/C18H22N6/c1-3-24-10-9-13-14(11-24)18(20-17-15(13)16(19)21-22-17)23(2)12-7-5-4-6-8-12/h4-8H,3,9-11H2,1-2H3,(H3,19,20,21,22). The quantitative estimate of drug-likeness (QED) is 0.775. The van der Waals surface area contributed by atoms with Crippen LogP contribution in [0.15, 0.2) is 30.3 Å². The van der Waals surface area contributed by atoms with E-state index in [1.165, 1.54) is 11.1 Å². The fourth-order valence-corrected chi connectivity index (χ4v) is 3.51. The molecule has 2 aromatic heterocycles. The number of likely N-dealkylation sites (N-methyl/N-ethyl adjacent to an activating group) is 1. The van der Waals surface area contributed by atoms with Gasteiger partial charge in [0.15, 0.2) is 5.65 Å². The van der Waals surface area contributed by atoms with Crippen LogP contribution in [-0.4, -0.2) is 40.2 Å². The number of hydrogen-bond acceptors (Lipinski definition) is 5. The number of pyridine rings is 1. The van der Waals surface area contributed by atoms with E-state index in [1.54, 1.807) is 0 Å². The van der Waals surface area contributed by atoms with Crippen molar-refractivity contribution in [3.05, 3.63) is 41.5 Å². The number of anilines is 3. The molecular weight excluding hydrogens is 300 g/mol. The van der Waals surface area contributed by atoms with Gasteiger partial charge in [-0.05, 0) is 30.7 Å². The lowest BCUT2D eigenvalue weighted by Crippen LogP contribution is -2.32. The SMILES string of the molecule is CCN1CCc2c(c(N(C)c3ccccc3)nc3n[nH]c(N)c23)C1. The van der Waals surface area contributed by atoms with Crippen molar-refractivity contribution in [2.75, 3.05) is 30.8 Å². The molecular formula is C18H22N6. The molecule has 0 atom stereocenters. The minimum Gasteiger partial charge on any atom is -0.384 e. The molecule has 1 aliphatic rings. The zero-order valence-electron chi connectivity index (χ0n) is 14.1. The van der Waals surface area contributed by atoms with Gasteiger partial charge in [-0.3, -0.25) is 10.00 Å². The van der Waals surface area contributed by atoms with Gasteiger partial charge < -0.3 is 10.6 Å². The molecule has 0 bridgehead atoms. The van der Waals surface area contributed by atoms with Gasteiger partial charge in [0.2, 0.25) is 0 Å². The van der Waals surface area contributed by atoms with Crippen molar-refractivity contribution in [1.29, 1.82) is 0 Å². The zero-order chi connectivity index (χ0) is 16.7. The number of nitrogen functional groups attached to an aromatic ring is 1. The number of nitrogens with one attached hydrogen (secondary N) is 1. The summed E-state index contributed by atoms with van der Waals surface area (Å²) in [6, 6.07) is 10.3. The fraction of sp³-hybridized carbons (Fsp3) is 0.333. The van der Waals surface area contributed by atoms with Crippen LogP contribution in [0.1, 0.15) is 18.1 Å². The van der Waals surface area contributed by atoms with Crippen molar-refractivity contribution < 1.29 is 0 Å². The zero-order valence-corrected chi connectivity index (χ0v) is 14.1. The van der Waals surface area contributed by atoms with Crippen molar-refractivity contribution in [2.45, 2.75) is 19.9 Å². The highest BCUT2D eigenvalue weighted by Gasteiger charge is 2.26. The molecule has 0 amide bonds. The minimum atomic E-state index is 0.618. The number of nitrogens with zero attached hydrogens (tertiary/aromatic N) is 4. The van der Waals surface area contributed by atoms with E-state index in [-0.39, 0.29) is 0 Å². The molecule has 0 radical (unpaired) electrons. The maximum atomic E-state index is 6.12. The van der Waals surface area contributed by atoms with Crippen molar-refractivity contribution in [3.8, 4) is 0 Å². The van der Waals surface area contributed by atoms with E-state index in [1.807, 2.05) is 18.2 Å². The van der Waals surface area contributed by atoms with Crippen LogP contribution < -0.4 is 10.6 Å². The second kappa shape index (κ2) is 5.79. The molecule has 6 nitrogen and oxygen atoms in total. The lowest BCUT2D eigenvalue weighted by atomic mass is 9.97. The Morgan fingerprint density at radius 2 is 2.04 bits per heavy atom. The number of aromatic amines is 1. The molecule has 1 aromatic carbocycles. The van der Waals surface area contributed by atoms with Gasteiger partial charge in [0, 0.05) is 31.4 Å². The second-order valence-corrected chi connectivity index (χ2v) is 6.24. The predicted molar refractivity (Wildman–Crippen MR) is 97.5 cm³/mol. The van der Waals surface area contributed by atoms with Crippen molar-refractivity contribution in [3.63, 3.8) is 0 Å². The first kappa shape index (κ1) is 15.0. The predicted octanol–water partition coefficient (Wildman–Crippen LogP) is 2.69. The Kier molecular flexibility index (Phi) is 3.61. The van der Waals surface area contributed by atoms with Crippen LogP contribution in [0.3, 0.4) is 0 Å². The van der Waals surface area contributed by atoms with Crippen LogP contribution in [0.5, 0.6) is 0 Å². The highest BCUT2D eigenvalue weighted by Crippen LogP contribution is 2.36. The van der Waals surface area contributed by atoms with Gasteiger partial charge in [-0.2, -0.15) is 5.10 Å². The number of nitrogens with two attached hydrogens (primary N) is 1. The molecule has 3 N–H and O–H groups in total. The van der Waals surface area contributed by atoms with Crippen LogP contribution in [0.2, 0.25) is 0 Å². The second-order valence-electron chi connectivity index (χ2n) is 6.24. The van der Waals surface area contributed by atoms with Crippen molar-refractivity contribution in [2.24, 2.45) is 0 Å². The first-order chi connectivity index (χ1) is 11.7. The number of hydrogen-bond donors (Lipinski definition) is 2. The Bertz CT molecular complexity index is 870. The Balaban J connectivity index is 1.92. The lowest BCUT2D eigenvalue weighted by molar-refractivity contribution is 0.269. The first-order valence-electron chi connectivity index (χ1n) is 8.35. The van der Waals surface area contributed by atoms with E-state index in [0.717, 1.165) is 42.9 Å². The third kappa shape index (κ3) is 2.30. The monoisotopic (exact) mass is 322 g/mol.